The molecule has 0 fully saturated rings. The second kappa shape index (κ2) is 26.4. The number of carbonyl (C=O) groups is 2. The number of hydrogen-bond donors (Lipinski definition) is 4. The van der Waals surface area contributed by atoms with Gasteiger partial charge >= 0.3 is 17.1 Å². The van der Waals surface area contributed by atoms with Crippen molar-refractivity contribution in [1.29, 1.82) is 15.8 Å². The number of nitriles is 3. The number of aldehydes is 2. The van der Waals surface area contributed by atoms with Crippen molar-refractivity contribution >= 4 is 35.3 Å². The van der Waals surface area contributed by atoms with Gasteiger partial charge in [0.1, 0.15) is 35.1 Å². The molecule has 0 aliphatic rings. The first-order valence-electron chi connectivity index (χ1n) is 23.5. The van der Waals surface area contributed by atoms with Crippen LogP contribution >= 0.6 is 0 Å². The summed E-state index contributed by atoms with van der Waals surface area (Å²) in [5.74, 6) is -0.618. The number of hydrogen-bond acceptors (Lipinski definition) is 17. The minimum atomic E-state index is -0.697. The van der Waals surface area contributed by atoms with Gasteiger partial charge in [-0.3, -0.25) is 39.9 Å². The van der Waals surface area contributed by atoms with E-state index in [9.17, 15) is 55.3 Å². The van der Waals surface area contributed by atoms with Crippen LogP contribution in [0.4, 0.5) is 22.7 Å². The lowest BCUT2D eigenvalue weighted by Gasteiger charge is -2.20. The van der Waals surface area contributed by atoms with Crippen LogP contribution in [0.3, 0.4) is 0 Å². The number of anilines is 1. The molecule has 0 radical (unpaired) electrons. The summed E-state index contributed by atoms with van der Waals surface area (Å²) in [7, 11) is 2.84. The molecule has 0 unspecified atom stereocenters. The average Bonchev–Trinajstić information content (AvgIpc) is 3.32. The summed E-state index contributed by atoms with van der Waals surface area (Å²) in [5, 5.41) is 87.3. The smallest absolute Gasteiger partial charge is 0.312 e. The van der Waals surface area contributed by atoms with E-state index in [-0.39, 0.29) is 61.0 Å². The molecule has 5 aromatic carbocycles. The van der Waals surface area contributed by atoms with Crippen molar-refractivity contribution < 1.29 is 49.2 Å². The molecule has 5 aromatic rings. The standard InChI is InChI=1S/C12H14N2O3.C12H16N2O.C11H12N2O3.C11H13NO4.C11H14O2/c1-12(2,3)9-5-8(7-13)11(17-4)10(6-9)14(15)16;1-12(2,3)9-5-8(7-13)11(15-4)10(14)6-9;1-11(2,3)8-4-7(6-12)10(14)9(5-8)13(15)16;1-11(2,3)8-4-7(6-13)10(14)9(5-8)12(15)16;1-11(2,3)9-4-5-10(13)8(6-9)7-12/h5-6H,1-4H3;5-6H,14H2,1-4H3;4-5,14H,1-3H3;4-6,14H,1-3H3;4-7,13H,1-3H3. The summed E-state index contributed by atoms with van der Waals surface area (Å²) in [6, 6.07) is 23.2. The van der Waals surface area contributed by atoms with Gasteiger partial charge in [-0.15, -0.1) is 0 Å². The van der Waals surface area contributed by atoms with Crippen LogP contribution in [0.2, 0.25) is 0 Å². The number of phenolic OH excluding ortho intramolecular Hbond substituents is 3. The number of nitro groups is 3. The molecule has 0 spiro atoms. The number of methoxy groups -OCH3 is 2. The molecule has 20 nitrogen and oxygen atoms in total. The first-order chi connectivity index (χ1) is 35.2. The normalized spacial score (nSPS) is 11.0. The Morgan fingerprint density at radius 1 is 0.468 bits per heavy atom. The number of benzene rings is 5. The number of nitro benzene ring substituents is 3. The van der Waals surface area contributed by atoms with Crippen molar-refractivity contribution in [2.75, 3.05) is 20.0 Å². The summed E-state index contributed by atoms with van der Waals surface area (Å²) in [6.45, 7) is 29.5. The Balaban J connectivity index is 0.000000482. The van der Waals surface area contributed by atoms with Gasteiger partial charge in [-0.25, -0.2) is 0 Å². The highest BCUT2D eigenvalue weighted by atomic mass is 16.6. The maximum atomic E-state index is 10.9. The largest absolute Gasteiger partial charge is 0.507 e. The van der Waals surface area contributed by atoms with E-state index in [0.717, 1.165) is 16.7 Å². The zero-order valence-electron chi connectivity index (χ0n) is 46.7. The molecule has 0 atom stereocenters. The number of aromatic hydroxyl groups is 3. The van der Waals surface area contributed by atoms with E-state index < -0.39 is 37.6 Å². The van der Waals surface area contributed by atoms with E-state index >= 15 is 0 Å². The van der Waals surface area contributed by atoms with Gasteiger partial charge in [0.25, 0.3) is 0 Å². The Bertz CT molecular complexity index is 3130. The van der Waals surface area contributed by atoms with E-state index in [4.69, 9.17) is 31.0 Å². The molecular weight excluding hydrogens is 991 g/mol. The van der Waals surface area contributed by atoms with Crippen LogP contribution in [-0.4, -0.2) is 56.9 Å². The Kier molecular flexibility index (Phi) is 22.6. The van der Waals surface area contributed by atoms with Gasteiger partial charge in [-0.1, -0.05) is 110 Å². The number of nitrogens with two attached hydrogens (primary N) is 1. The summed E-state index contributed by atoms with van der Waals surface area (Å²) in [4.78, 5) is 51.7. The molecule has 0 bridgehead atoms. The van der Waals surface area contributed by atoms with Gasteiger partial charge in [-0.2, -0.15) is 15.8 Å². The average molecular weight is 1060 g/mol. The number of carbonyl (C=O) groups excluding carboxylic acids is 2. The van der Waals surface area contributed by atoms with E-state index in [0.29, 0.717) is 46.3 Å². The van der Waals surface area contributed by atoms with Crippen molar-refractivity contribution in [1.82, 2.24) is 0 Å². The maximum Gasteiger partial charge on any atom is 0.312 e. The summed E-state index contributed by atoms with van der Waals surface area (Å²) in [6.07, 6.45) is 1.09. The topological polar surface area (TPSA) is 340 Å². The minimum Gasteiger partial charge on any atom is -0.507 e. The first kappa shape index (κ1) is 65.9. The Morgan fingerprint density at radius 3 is 1.14 bits per heavy atom. The Morgan fingerprint density at radius 2 is 0.792 bits per heavy atom. The van der Waals surface area contributed by atoms with Crippen LogP contribution in [0.5, 0.6) is 28.7 Å². The predicted molar refractivity (Wildman–Crippen MR) is 293 cm³/mol. The molecule has 5 N–H and O–H groups in total. The highest BCUT2D eigenvalue weighted by molar-refractivity contribution is 5.82. The van der Waals surface area contributed by atoms with Crippen molar-refractivity contribution in [3.8, 4) is 47.0 Å². The van der Waals surface area contributed by atoms with Gasteiger partial charge in [0.2, 0.25) is 17.2 Å². The Labute approximate surface area is 449 Å². The fraction of sp³-hybridized carbons (Fsp3) is 0.386. The zero-order chi connectivity index (χ0) is 59.9. The van der Waals surface area contributed by atoms with Crippen LogP contribution in [0, 0.1) is 64.3 Å². The third kappa shape index (κ3) is 18.4. The molecule has 0 heterocycles. The molecule has 0 saturated carbocycles. The highest BCUT2D eigenvalue weighted by Gasteiger charge is 2.27. The van der Waals surface area contributed by atoms with E-state index in [2.05, 4.69) is 47.6 Å². The summed E-state index contributed by atoms with van der Waals surface area (Å²) >= 11 is 0. The van der Waals surface area contributed by atoms with Crippen molar-refractivity contribution in [2.45, 2.75) is 131 Å². The number of phenols is 3. The minimum absolute atomic E-state index is 0.00542. The van der Waals surface area contributed by atoms with Crippen LogP contribution in [0.1, 0.15) is 169 Å². The fourth-order valence-corrected chi connectivity index (χ4v) is 6.57. The lowest BCUT2D eigenvalue weighted by molar-refractivity contribution is -0.386. The zero-order valence-corrected chi connectivity index (χ0v) is 46.7. The molecule has 20 heteroatoms. The quantitative estimate of drug-likeness (QED) is 0.0509. The predicted octanol–water partition coefficient (Wildman–Crippen LogP) is 12.6. The van der Waals surface area contributed by atoms with Crippen molar-refractivity contribution in [2.24, 2.45) is 0 Å². The maximum absolute atomic E-state index is 10.9. The van der Waals surface area contributed by atoms with Gasteiger partial charge in [-0.05, 0) is 97.4 Å². The van der Waals surface area contributed by atoms with Crippen LogP contribution < -0.4 is 15.2 Å². The molecule has 410 valence electrons. The van der Waals surface area contributed by atoms with Gasteiger partial charge < -0.3 is 30.5 Å². The summed E-state index contributed by atoms with van der Waals surface area (Å²) in [5.41, 5.74) is 9.41. The SMILES string of the molecule is CC(C)(C)c1cc(C#N)c(O)c([N+](=O)[O-])c1.CC(C)(C)c1cc(C=O)c(O)c([N+](=O)[O-])c1.CC(C)(C)c1ccc(O)c(C=O)c1.COc1c(C#N)cc(C(C)(C)C)cc1[N+](=O)[O-].COc1c(N)cc(C(C)(C)C)cc1C#N. The lowest BCUT2D eigenvalue weighted by Crippen LogP contribution is -2.12. The second-order valence-electron chi connectivity index (χ2n) is 22.4. The number of rotatable bonds is 7. The van der Waals surface area contributed by atoms with Gasteiger partial charge in [0, 0.05) is 18.2 Å². The van der Waals surface area contributed by atoms with Crippen molar-refractivity contribution in [3.63, 3.8) is 0 Å². The second-order valence-corrected chi connectivity index (χ2v) is 22.4. The molecular formula is C57H69N7O13. The molecule has 0 saturated heterocycles. The molecule has 0 aliphatic carbocycles. The van der Waals surface area contributed by atoms with Crippen LogP contribution in [0.25, 0.3) is 0 Å². The number of nitrogen functional groups attached to an aromatic ring is 1. The van der Waals surface area contributed by atoms with Crippen LogP contribution in [-0.2, 0) is 27.1 Å². The van der Waals surface area contributed by atoms with Gasteiger partial charge in [0.05, 0.1) is 51.4 Å². The molecule has 5 rings (SSSR count). The fourth-order valence-electron chi connectivity index (χ4n) is 6.57. The monoisotopic (exact) mass is 1060 g/mol. The first-order valence-corrected chi connectivity index (χ1v) is 23.5. The van der Waals surface area contributed by atoms with E-state index in [1.807, 2.05) is 86.6 Å². The third-order valence-corrected chi connectivity index (χ3v) is 11.4. The van der Waals surface area contributed by atoms with E-state index in [1.165, 1.54) is 44.6 Å². The molecule has 0 aliphatic heterocycles. The van der Waals surface area contributed by atoms with Crippen LogP contribution in [0.15, 0.2) is 66.7 Å². The Hall–Kier alpha value is -9.09. The van der Waals surface area contributed by atoms with Gasteiger partial charge in [0.15, 0.2) is 18.3 Å². The highest BCUT2D eigenvalue weighted by Crippen LogP contribution is 2.39. The van der Waals surface area contributed by atoms with Crippen molar-refractivity contribution in [3.05, 3.63) is 153 Å². The summed E-state index contributed by atoms with van der Waals surface area (Å²) < 4.78 is 10.0. The lowest BCUT2D eigenvalue weighted by atomic mass is 9.85. The molecule has 0 amide bonds. The number of ether oxygens (including phenoxy) is 2. The van der Waals surface area contributed by atoms with E-state index in [1.54, 1.807) is 24.3 Å². The third-order valence-electron chi connectivity index (χ3n) is 11.4. The molecule has 0 aromatic heterocycles. The molecule has 77 heavy (non-hydrogen) atoms. The number of nitrogens with zero attached hydrogens (tertiary/aromatic N) is 6.